The Hall–Kier alpha value is -4.43. The highest BCUT2D eigenvalue weighted by Gasteiger charge is 2.21. The Morgan fingerprint density at radius 3 is 2.14 bits per heavy atom. The summed E-state index contributed by atoms with van der Waals surface area (Å²) in [6.07, 6.45) is 3.33. The highest BCUT2D eigenvalue weighted by molar-refractivity contribution is 7.15. The largest absolute Gasteiger partial charge is 0.489 e. The number of carbonyl (C=O) groups is 1. The Morgan fingerprint density at radius 1 is 0.889 bits per heavy atom. The fraction of sp³-hybridized carbons (Fsp3) is 0.107. The molecule has 3 aromatic carbocycles. The summed E-state index contributed by atoms with van der Waals surface area (Å²) in [5.41, 5.74) is 2.59. The third-order valence-electron chi connectivity index (χ3n) is 5.21. The minimum atomic E-state index is -0.616. The van der Waals surface area contributed by atoms with Crippen LogP contribution in [0.5, 0.6) is 11.5 Å². The van der Waals surface area contributed by atoms with Gasteiger partial charge in [-0.1, -0.05) is 60.7 Å². The summed E-state index contributed by atoms with van der Waals surface area (Å²) in [4.78, 5) is 23.3. The molecule has 0 radical (unpaired) electrons. The minimum absolute atomic E-state index is 0.161. The first kappa shape index (κ1) is 24.7. The molecule has 0 spiro atoms. The first-order chi connectivity index (χ1) is 17.5. The molecular formula is C28H23NO6S. The van der Waals surface area contributed by atoms with E-state index in [1.54, 1.807) is 18.2 Å². The number of carbonyl (C=O) groups excluding carboxylic acids is 1. The first-order valence-corrected chi connectivity index (χ1v) is 11.9. The van der Waals surface area contributed by atoms with Crippen molar-refractivity contribution in [1.82, 2.24) is 0 Å². The SMILES string of the molecule is COC(=O)c1cc([N+](=O)[O-])c(C=Cc2ccc(OCc3ccccc3)cc2OCc2ccccc2)s1. The van der Waals surface area contributed by atoms with E-state index in [0.29, 0.717) is 35.2 Å². The number of thiophene rings is 1. The zero-order valence-corrected chi connectivity index (χ0v) is 20.3. The molecule has 0 saturated heterocycles. The van der Waals surface area contributed by atoms with Crippen LogP contribution in [-0.2, 0) is 18.0 Å². The number of methoxy groups -OCH3 is 1. The molecule has 8 heteroatoms. The Balaban J connectivity index is 1.60. The lowest BCUT2D eigenvalue weighted by Gasteiger charge is -2.13. The zero-order valence-electron chi connectivity index (χ0n) is 19.5. The smallest absolute Gasteiger partial charge is 0.348 e. The van der Waals surface area contributed by atoms with Crippen molar-refractivity contribution in [3.8, 4) is 11.5 Å². The quantitative estimate of drug-likeness (QED) is 0.135. The van der Waals surface area contributed by atoms with Gasteiger partial charge in [0.15, 0.2) is 0 Å². The maximum absolute atomic E-state index is 11.9. The Kier molecular flexibility index (Phi) is 8.10. The third-order valence-corrected chi connectivity index (χ3v) is 6.28. The number of benzene rings is 3. The van der Waals surface area contributed by atoms with Gasteiger partial charge in [0.2, 0.25) is 0 Å². The molecule has 0 atom stereocenters. The molecule has 0 amide bonds. The van der Waals surface area contributed by atoms with Gasteiger partial charge in [0.25, 0.3) is 5.69 Å². The van der Waals surface area contributed by atoms with Crippen molar-refractivity contribution < 1.29 is 23.9 Å². The lowest BCUT2D eigenvalue weighted by atomic mass is 10.1. The van der Waals surface area contributed by atoms with Crippen LogP contribution in [0, 0.1) is 10.1 Å². The van der Waals surface area contributed by atoms with E-state index in [-0.39, 0.29) is 10.6 Å². The van der Waals surface area contributed by atoms with Gasteiger partial charge in [-0.05, 0) is 35.4 Å². The van der Waals surface area contributed by atoms with Crippen molar-refractivity contribution in [1.29, 1.82) is 0 Å². The highest BCUT2D eigenvalue weighted by Crippen LogP contribution is 2.33. The summed E-state index contributed by atoms with van der Waals surface area (Å²) in [6, 6.07) is 26.3. The van der Waals surface area contributed by atoms with E-state index >= 15 is 0 Å². The van der Waals surface area contributed by atoms with E-state index < -0.39 is 10.9 Å². The van der Waals surface area contributed by atoms with Crippen LogP contribution in [0.3, 0.4) is 0 Å². The molecule has 0 aliphatic rings. The van der Waals surface area contributed by atoms with Crippen LogP contribution in [0.2, 0.25) is 0 Å². The molecule has 4 aromatic rings. The number of nitro groups is 1. The van der Waals surface area contributed by atoms with Crippen molar-refractivity contribution in [2.24, 2.45) is 0 Å². The van der Waals surface area contributed by atoms with Gasteiger partial charge in [0.1, 0.15) is 34.5 Å². The molecule has 0 aliphatic carbocycles. The summed E-state index contributed by atoms with van der Waals surface area (Å²) in [5.74, 6) is 0.580. The van der Waals surface area contributed by atoms with Crippen molar-refractivity contribution in [2.75, 3.05) is 7.11 Å². The number of hydrogen-bond donors (Lipinski definition) is 0. The van der Waals surface area contributed by atoms with Gasteiger partial charge in [0, 0.05) is 17.7 Å². The molecule has 7 nitrogen and oxygen atoms in total. The maximum atomic E-state index is 11.9. The van der Waals surface area contributed by atoms with Gasteiger partial charge in [0.05, 0.1) is 12.0 Å². The van der Waals surface area contributed by atoms with Crippen LogP contribution < -0.4 is 9.47 Å². The Morgan fingerprint density at radius 2 is 1.53 bits per heavy atom. The van der Waals surface area contributed by atoms with E-state index in [9.17, 15) is 14.9 Å². The summed E-state index contributed by atoms with van der Waals surface area (Å²) in [7, 11) is 1.24. The fourth-order valence-electron chi connectivity index (χ4n) is 3.37. The van der Waals surface area contributed by atoms with Gasteiger partial charge in [-0.3, -0.25) is 10.1 Å². The summed E-state index contributed by atoms with van der Waals surface area (Å²) >= 11 is 0.996. The predicted octanol–water partition coefficient (Wildman–Crippen LogP) is 6.77. The zero-order chi connectivity index (χ0) is 25.3. The molecule has 1 aromatic heterocycles. The number of rotatable bonds is 10. The van der Waals surface area contributed by atoms with Gasteiger partial charge in [-0.15, -0.1) is 11.3 Å². The van der Waals surface area contributed by atoms with E-state index in [4.69, 9.17) is 14.2 Å². The second-order valence-corrected chi connectivity index (χ2v) is 8.77. The molecule has 0 unspecified atom stereocenters. The lowest BCUT2D eigenvalue weighted by molar-refractivity contribution is -0.384. The topological polar surface area (TPSA) is 87.9 Å². The molecule has 0 saturated carbocycles. The molecule has 1 heterocycles. The number of esters is 1. The average molecular weight is 502 g/mol. The molecule has 0 fully saturated rings. The monoisotopic (exact) mass is 501 g/mol. The first-order valence-electron chi connectivity index (χ1n) is 11.1. The van der Waals surface area contributed by atoms with Crippen LogP contribution in [0.15, 0.2) is 84.9 Å². The molecular weight excluding hydrogens is 478 g/mol. The number of nitrogens with zero attached hydrogens (tertiary/aromatic N) is 1. The summed E-state index contributed by atoms with van der Waals surface area (Å²) < 4.78 is 16.8. The standard InChI is InChI=1S/C28H23NO6S/c1-33-28(30)27-17-24(29(31)32)26(36-27)15-13-22-12-14-23(34-18-20-8-4-2-5-9-20)16-25(22)35-19-21-10-6-3-7-11-21/h2-17H,18-19H2,1H3. The molecule has 0 N–H and O–H groups in total. The van der Waals surface area contributed by atoms with Gasteiger partial charge >= 0.3 is 5.97 Å². The summed E-state index contributed by atoms with van der Waals surface area (Å²) in [6.45, 7) is 0.751. The lowest BCUT2D eigenvalue weighted by Crippen LogP contribution is -1.99. The Bertz CT molecular complexity index is 1370. The molecule has 4 rings (SSSR count). The van der Waals surface area contributed by atoms with Crippen molar-refractivity contribution in [2.45, 2.75) is 13.2 Å². The van der Waals surface area contributed by atoms with Crippen molar-refractivity contribution in [3.05, 3.63) is 121 Å². The van der Waals surface area contributed by atoms with Crippen molar-refractivity contribution >= 4 is 35.1 Å². The van der Waals surface area contributed by atoms with Crippen molar-refractivity contribution in [3.63, 3.8) is 0 Å². The minimum Gasteiger partial charge on any atom is -0.489 e. The molecule has 0 aliphatic heterocycles. The molecule has 182 valence electrons. The molecule has 36 heavy (non-hydrogen) atoms. The van der Waals surface area contributed by atoms with Crippen LogP contribution in [0.25, 0.3) is 12.2 Å². The normalized spacial score (nSPS) is 10.8. The Labute approximate surface area is 212 Å². The van der Waals surface area contributed by atoms with Gasteiger partial charge in [-0.25, -0.2) is 4.79 Å². The van der Waals surface area contributed by atoms with Gasteiger partial charge < -0.3 is 14.2 Å². The second-order valence-electron chi connectivity index (χ2n) is 7.69. The molecule has 0 bridgehead atoms. The maximum Gasteiger partial charge on any atom is 0.348 e. The van der Waals surface area contributed by atoms with Crippen LogP contribution in [0.4, 0.5) is 5.69 Å². The van der Waals surface area contributed by atoms with Crippen LogP contribution in [0.1, 0.15) is 31.2 Å². The average Bonchev–Trinajstić information content (AvgIpc) is 3.35. The number of hydrogen-bond acceptors (Lipinski definition) is 7. The predicted molar refractivity (Wildman–Crippen MR) is 139 cm³/mol. The van der Waals surface area contributed by atoms with Crippen LogP contribution >= 0.6 is 11.3 Å². The van der Waals surface area contributed by atoms with Gasteiger partial charge in [-0.2, -0.15) is 0 Å². The van der Waals surface area contributed by atoms with E-state index in [1.165, 1.54) is 13.2 Å². The fourth-order valence-corrected chi connectivity index (χ4v) is 4.32. The second kappa shape index (κ2) is 11.8. The third kappa shape index (κ3) is 6.37. The van der Waals surface area contributed by atoms with E-state index in [1.807, 2.05) is 72.8 Å². The van der Waals surface area contributed by atoms with E-state index in [2.05, 4.69) is 0 Å². The highest BCUT2D eigenvalue weighted by atomic mass is 32.1. The van der Waals surface area contributed by atoms with E-state index in [0.717, 1.165) is 22.5 Å². The van der Waals surface area contributed by atoms with Crippen LogP contribution in [-0.4, -0.2) is 18.0 Å². The summed E-state index contributed by atoms with van der Waals surface area (Å²) in [5, 5.41) is 11.5. The number of ether oxygens (including phenoxy) is 3.